The van der Waals surface area contributed by atoms with E-state index in [0.717, 1.165) is 36.1 Å². The number of urea groups is 1. The Morgan fingerprint density at radius 1 is 0.879 bits per heavy atom. The van der Waals surface area contributed by atoms with Gasteiger partial charge in [0, 0.05) is 18.8 Å². The topological polar surface area (TPSA) is 50.8 Å². The molecule has 0 heterocycles. The van der Waals surface area contributed by atoms with Gasteiger partial charge in [-0.3, -0.25) is 0 Å². The van der Waals surface area contributed by atoms with Crippen molar-refractivity contribution in [2.75, 3.05) is 19.0 Å². The first-order valence-corrected chi connectivity index (χ1v) is 11.6. The van der Waals surface area contributed by atoms with Crippen molar-refractivity contribution in [3.63, 3.8) is 0 Å². The molecule has 0 bridgehead atoms. The van der Waals surface area contributed by atoms with E-state index in [-0.39, 0.29) is 6.03 Å². The van der Waals surface area contributed by atoms with Crippen LogP contribution in [0.1, 0.15) is 43.4 Å². The van der Waals surface area contributed by atoms with Crippen molar-refractivity contribution in [2.45, 2.75) is 46.3 Å². The highest BCUT2D eigenvalue weighted by atomic mass is 16.5. The summed E-state index contributed by atoms with van der Waals surface area (Å²) in [5, 5.41) is 3.03. The highest BCUT2D eigenvalue weighted by Crippen LogP contribution is 2.29. The lowest BCUT2D eigenvalue weighted by molar-refractivity contribution is 0.208. The Balaban J connectivity index is 1.68. The van der Waals surface area contributed by atoms with Gasteiger partial charge in [-0.1, -0.05) is 68.8 Å². The molecule has 0 fully saturated rings. The van der Waals surface area contributed by atoms with Crippen molar-refractivity contribution >= 4 is 11.7 Å². The number of unbranched alkanes of at least 4 members (excludes halogenated alkanes) is 1. The molecule has 0 atom stereocenters. The van der Waals surface area contributed by atoms with Crippen LogP contribution in [0.5, 0.6) is 11.5 Å². The number of methoxy groups -OCH3 is 1. The van der Waals surface area contributed by atoms with Gasteiger partial charge in [0.1, 0.15) is 6.61 Å². The van der Waals surface area contributed by atoms with E-state index >= 15 is 0 Å². The summed E-state index contributed by atoms with van der Waals surface area (Å²) >= 11 is 0. The number of benzene rings is 3. The number of carbonyl (C=O) groups excluding carboxylic acids is 1. The summed E-state index contributed by atoms with van der Waals surface area (Å²) in [4.78, 5) is 14.9. The fourth-order valence-corrected chi connectivity index (χ4v) is 3.51. The number of ether oxygens (including phenoxy) is 2. The van der Waals surface area contributed by atoms with Crippen molar-refractivity contribution in [3.8, 4) is 11.5 Å². The third kappa shape index (κ3) is 7.28. The van der Waals surface area contributed by atoms with Crippen LogP contribution in [0.15, 0.2) is 72.8 Å². The predicted octanol–water partition coefficient (Wildman–Crippen LogP) is 6.67. The first-order valence-electron chi connectivity index (χ1n) is 11.6. The zero-order valence-electron chi connectivity index (χ0n) is 19.8. The molecular weight excluding hydrogens is 412 g/mol. The first kappa shape index (κ1) is 24.2. The van der Waals surface area contributed by atoms with Gasteiger partial charge in [-0.25, -0.2) is 4.79 Å². The van der Waals surface area contributed by atoms with Crippen molar-refractivity contribution < 1.29 is 14.3 Å². The summed E-state index contributed by atoms with van der Waals surface area (Å²) in [6.07, 6.45) is 2.94. The summed E-state index contributed by atoms with van der Waals surface area (Å²) in [6.45, 7) is 5.89. The molecule has 5 nitrogen and oxygen atoms in total. The largest absolute Gasteiger partial charge is 0.493 e. The Morgan fingerprint density at radius 2 is 1.61 bits per heavy atom. The fraction of sp³-hybridized carbons (Fsp3) is 0.321. The monoisotopic (exact) mass is 446 g/mol. The molecule has 0 aliphatic carbocycles. The van der Waals surface area contributed by atoms with Crippen molar-refractivity contribution in [3.05, 3.63) is 89.5 Å². The number of hydrogen-bond donors (Lipinski definition) is 1. The predicted molar refractivity (Wildman–Crippen MR) is 134 cm³/mol. The molecule has 174 valence electrons. The van der Waals surface area contributed by atoms with Gasteiger partial charge in [0.05, 0.1) is 7.11 Å². The second-order valence-electron chi connectivity index (χ2n) is 8.02. The molecule has 33 heavy (non-hydrogen) atoms. The van der Waals surface area contributed by atoms with Gasteiger partial charge in [0.25, 0.3) is 0 Å². The summed E-state index contributed by atoms with van der Waals surface area (Å²) in [5.41, 5.74) is 4.14. The molecule has 0 spiro atoms. The minimum atomic E-state index is -0.101. The highest BCUT2D eigenvalue weighted by molar-refractivity contribution is 5.89. The van der Waals surface area contributed by atoms with Crippen LogP contribution < -0.4 is 14.8 Å². The van der Waals surface area contributed by atoms with Crippen molar-refractivity contribution in [1.29, 1.82) is 0 Å². The van der Waals surface area contributed by atoms with Gasteiger partial charge < -0.3 is 19.7 Å². The molecule has 0 unspecified atom stereocenters. The molecule has 3 aromatic carbocycles. The molecule has 5 heteroatoms. The Kier molecular flexibility index (Phi) is 9.19. The van der Waals surface area contributed by atoms with Gasteiger partial charge in [-0.05, 0) is 53.8 Å². The molecule has 0 saturated carbocycles. The van der Waals surface area contributed by atoms with E-state index in [4.69, 9.17) is 9.47 Å². The molecule has 2 amide bonds. The van der Waals surface area contributed by atoms with Gasteiger partial charge in [-0.15, -0.1) is 0 Å². The van der Waals surface area contributed by atoms with Crippen LogP contribution in [-0.2, 0) is 19.6 Å². The number of amides is 2. The number of carbonyl (C=O) groups is 1. The summed E-state index contributed by atoms with van der Waals surface area (Å²) in [5.74, 6) is 1.35. The van der Waals surface area contributed by atoms with Gasteiger partial charge in [0.2, 0.25) is 0 Å². The minimum absolute atomic E-state index is 0.101. The normalized spacial score (nSPS) is 10.5. The second-order valence-corrected chi connectivity index (χ2v) is 8.02. The van der Waals surface area contributed by atoms with E-state index in [1.807, 2.05) is 77.7 Å². The number of aryl methyl sites for hydroxylation is 1. The number of anilines is 1. The minimum Gasteiger partial charge on any atom is -0.493 e. The van der Waals surface area contributed by atoms with E-state index in [1.54, 1.807) is 7.11 Å². The van der Waals surface area contributed by atoms with Crippen molar-refractivity contribution in [1.82, 2.24) is 4.90 Å². The number of rotatable bonds is 11. The maximum absolute atomic E-state index is 13.0. The average molecular weight is 447 g/mol. The lowest BCUT2D eigenvalue weighted by Crippen LogP contribution is -2.35. The van der Waals surface area contributed by atoms with Crippen LogP contribution in [0.3, 0.4) is 0 Å². The summed E-state index contributed by atoms with van der Waals surface area (Å²) in [7, 11) is 1.63. The van der Waals surface area contributed by atoms with Crippen LogP contribution in [0.4, 0.5) is 10.5 Å². The molecule has 0 saturated heterocycles. The van der Waals surface area contributed by atoms with Gasteiger partial charge >= 0.3 is 6.03 Å². The zero-order valence-corrected chi connectivity index (χ0v) is 19.8. The maximum Gasteiger partial charge on any atom is 0.322 e. The quantitative estimate of drug-likeness (QED) is 0.358. The lowest BCUT2D eigenvalue weighted by atomic mass is 10.1. The molecule has 3 aromatic rings. The van der Waals surface area contributed by atoms with Crippen LogP contribution in [0, 0.1) is 0 Å². The number of nitrogens with one attached hydrogen (secondary N) is 1. The number of nitrogens with zero attached hydrogens (tertiary/aromatic N) is 1. The molecule has 3 rings (SSSR count). The Bertz CT molecular complexity index is 1000. The molecule has 0 radical (unpaired) electrons. The van der Waals surface area contributed by atoms with E-state index in [2.05, 4.69) is 19.2 Å². The molecule has 0 aromatic heterocycles. The van der Waals surface area contributed by atoms with E-state index in [9.17, 15) is 4.79 Å². The van der Waals surface area contributed by atoms with E-state index in [1.165, 1.54) is 5.56 Å². The maximum atomic E-state index is 13.0. The average Bonchev–Trinajstić information content (AvgIpc) is 2.86. The Hall–Kier alpha value is -3.47. The third-order valence-corrected chi connectivity index (χ3v) is 5.52. The smallest absolute Gasteiger partial charge is 0.322 e. The SMILES string of the molecule is CCCCN(Cc1ccc(OCc2ccccc2)c(OC)c1)C(=O)Nc1ccc(CC)cc1. The third-order valence-electron chi connectivity index (χ3n) is 5.52. The molecular formula is C28H34N2O3. The van der Waals surface area contributed by atoms with Gasteiger partial charge in [0.15, 0.2) is 11.5 Å². The lowest BCUT2D eigenvalue weighted by Gasteiger charge is -2.24. The molecule has 0 aliphatic heterocycles. The summed E-state index contributed by atoms with van der Waals surface area (Å²) < 4.78 is 11.5. The van der Waals surface area contributed by atoms with Crippen LogP contribution in [0.25, 0.3) is 0 Å². The van der Waals surface area contributed by atoms with Crippen LogP contribution in [-0.4, -0.2) is 24.6 Å². The zero-order chi connectivity index (χ0) is 23.5. The van der Waals surface area contributed by atoms with Crippen molar-refractivity contribution in [2.24, 2.45) is 0 Å². The van der Waals surface area contributed by atoms with Crippen LogP contribution in [0.2, 0.25) is 0 Å². The van der Waals surface area contributed by atoms with E-state index < -0.39 is 0 Å². The van der Waals surface area contributed by atoms with Gasteiger partial charge in [-0.2, -0.15) is 0 Å². The number of hydrogen-bond acceptors (Lipinski definition) is 3. The second kappa shape index (κ2) is 12.5. The molecule has 0 aliphatic rings. The first-order chi connectivity index (χ1) is 16.1. The standard InChI is InChI=1S/C28H34N2O3/c1-4-6-18-30(28(31)29-25-15-12-22(5-2)13-16-25)20-24-14-17-26(27(19-24)32-3)33-21-23-10-8-7-9-11-23/h7-17,19H,4-6,18,20-21H2,1-3H3,(H,29,31). The highest BCUT2D eigenvalue weighted by Gasteiger charge is 2.15. The van der Waals surface area contributed by atoms with Crippen LogP contribution >= 0.6 is 0 Å². The Labute approximate surface area is 197 Å². The fourth-order valence-electron chi connectivity index (χ4n) is 3.51. The Morgan fingerprint density at radius 3 is 2.27 bits per heavy atom. The summed E-state index contributed by atoms with van der Waals surface area (Å²) in [6, 6.07) is 23.8. The van der Waals surface area contributed by atoms with E-state index in [0.29, 0.717) is 31.2 Å². The molecule has 1 N–H and O–H groups in total.